The van der Waals surface area contributed by atoms with Crippen molar-refractivity contribution in [2.24, 2.45) is 0 Å². The van der Waals surface area contributed by atoms with Crippen molar-refractivity contribution in [2.75, 3.05) is 23.8 Å². The van der Waals surface area contributed by atoms with Crippen LogP contribution in [0.15, 0.2) is 85.1 Å². The van der Waals surface area contributed by atoms with Crippen LogP contribution < -0.4 is 16.0 Å². The number of urea groups is 1. The van der Waals surface area contributed by atoms with E-state index in [9.17, 15) is 19.2 Å². The molecular formula is C34H39N5O8. The second kappa shape index (κ2) is 16.1. The number of rotatable bonds is 12. The molecule has 0 fully saturated rings. The molecule has 47 heavy (non-hydrogen) atoms. The van der Waals surface area contributed by atoms with Gasteiger partial charge in [-0.05, 0) is 57.0 Å². The first kappa shape index (κ1) is 34.3. The molecule has 2 aromatic carbocycles. The number of hydrogen-bond donors (Lipinski definition) is 3. The van der Waals surface area contributed by atoms with Crippen LogP contribution in [0.3, 0.4) is 0 Å². The van der Waals surface area contributed by atoms with E-state index in [1.54, 1.807) is 58.0 Å². The molecule has 13 heteroatoms. The average Bonchev–Trinajstić information content (AvgIpc) is 3.46. The summed E-state index contributed by atoms with van der Waals surface area (Å²) in [6, 6.07) is 19.0. The Morgan fingerprint density at radius 3 is 2.26 bits per heavy atom. The standard InChI is InChI=1S/C34H39N5O8/c1-5-44-29(40)17-18-39(32(42)38-28-22-45-30(46-28)19-23-11-7-6-8-12-23)21-24-15-16-27(35-20-24)31(41)36-25-13-9-10-14-26(25)37-33(43)47-34(2,3)4/h6-16,20,22,30H,5,17-19,21H2,1-4H3,(H,36,41)(H,37,43)(H,38,42). The number of amides is 4. The zero-order valence-corrected chi connectivity index (χ0v) is 26.8. The summed E-state index contributed by atoms with van der Waals surface area (Å²) in [4.78, 5) is 56.3. The van der Waals surface area contributed by atoms with E-state index in [1.807, 2.05) is 30.3 Å². The molecular weight excluding hydrogens is 606 g/mol. The van der Waals surface area contributed by atoms with Gasteiger partial charge in [0.15, 0.2) is 0 Å². The van der Waals surface area contributed by atoms with Crippen molar-refractivity contribution in [3.8, 4) is 0 Å². The Kier molecular flexibility index (Phi) is 11.8. The highest BCUT2D eigenvalue weighted by Gasteiger charge is 2.25. The highest BCUT2D eigenvalue weighted by molar-refractivity contribution is 6.05. The summed E-state index contributed by atoms with van der Waals surface area (Å²) in [6.07, 6.45) is 2.01. The van der Waals surface area contributed by atoms with Crippen LogP contribution in [0.5, 0.6) is 0 Å². The number of carbonyl (C=O) groups is 4. The molecule has 0 bridgehead atoms. The first-order chi connectivity index (χ1) is 22.5. The van der Waals surface area contributed by atoms with Crippen molar-refractivity contribution < 1.29 is 38.1 Å². The fourth-order valence-electron chi connectivity index (χ4n) is 4.36. The van der Waals surface area contributed by atoms with E-state index >= 15 is 0 Å². The molecule has 3 N–H and O–H groups in total. The number of carbonyl (C=O) groups excluding carboxylic acids is 4. The molecule has 2 heterocycles. The molecule has 3 aromatic rings. The molecule has 0 radical (unpaired) electrons. The molecule has 1 aromatic heterocycles. The van der Waals surface area contributed by atoms with Gasteiger partial charge in [0.25, 0.3) is 5.91 Å². The van der Waals surface area contributed by atoms with Crippen molar-refractivity contribution >= 4 is 35.4 Å². The monoisotopic (exact) mass is 645 g/mol. The molecule has 248 valence electrons. The van der Waals surface area contributed by atoms with E-state index in [4.69, 9.17) is 18.9 Å². The van der Waals surface area contributed by atoms with E-state index < -0.39 is 35.9 Å². The lowest BCUT2D eigenvalue weighted by Gasteiger charge is -2.23. The molecule has 1 aliphatic heterocycles. The van der Waals surface area contributed by atoms with Crippen LogP contribution in [0.1, 0.15) is 55.7 Å². The van der Waals surface area contributed by atoms with Crippen LogP contribution in [0.2, 0.25) is 0 Å². The Morgan fingerprint density at radius 2 is 1.60 bits per heavy atom. The smallest absolute Gasteiger partial charge is 0.412 e. The van der Waals surface area contributed by atoms with Crippen molar-refractivity contribution in [3.63, 3.8) is 0 Å². The largest absolute Gasteiger partial charge is 0.466 e. The number of esters is 1. The Bertz CT molecular complexity index is 1570. The highest BCUT2D eigenvalue weighted by atomic mass is 16.7. The Balaban J connectivity index is 1.37. The molecule has 0 saturated carbocycles. The van der Waals surface area contributed by atoms with Gasteiger partial charge in [0.05, 0.1) is 24.4 Å². The van der Waals surface area contributed by atoms with Gasteiger partial charge in [0.2, 0.25) is 12.2 Å². The van der Waals surface area contributed by atoms with Gasteiger partial charge in [-0.2, -0.15) is 0 Å². The number of ether oxygens (including phenoxy) is 4. The summed E-state index contributed by atoms with van der Waals surface area (Å²) in [5.41, 5.74) is 1.75. The maximum Gasteiger partial charge on any atom is 0.412 e. The lowest BCUT2D eigenvalue weighted by atomic mass is 10.1. The fourth-order valence-corrected chi connectivity index (χ4v) is 4.36. The van der Waals surface area contributed by atoms with Crippen molar-refractivity contribution in [2.45, 2.75) is 59.0 Å². The first-order valence-electron chi connectivity index (χ1n) is 15.1. The Hall–Kier alpha value is -5.59. The topological polar surface area (TPSA) is 157 Å². The van der Waals surface area contributed by atoms with Crippen LogP contribution in [0.25, 0.3) is 0 Å². The summed E-state index contributed by atoms with van der Waals surface area (Å²) in [6.45, 7) is 7.31. The van der Waals surface area contributed by atoms with Gasteiger partial charge in [-0.15, -0.1) is 0 Å². The predicted octanol–water partition coefficient (Wildman–Crippen LogP) is 5.56. The minimum Gasteiger partial charge on any atom is -0.466 e. The van der Waals surface area contributed by atoms with E-state index in [2.05, 4.69) is 20.9 Å². The van der Waals surface area contributed by atoms with Gasteiger partial charge in [0.1, 0.15) is 17.6 Å². The lowest BCUT2D eigenvalue weighted by molar-refractivity contribution is -0.143. The summed E-state index contributed by atoms with van der Waals surface area (Å²) >= 11 is 0. The first-order valence-corrected chi connectivity index (χ1v) is 15.1. The molecule has 4 rings (SSSR count). The molecule has 1 aliphatic rings. The third-order valence-corrected chi connectivity index (χ3v) is 6.48. The number of nitrogens with one attached hydrogen (secondary N) is 3. The number of hydrogen-bond acceptors (Lipinski definition) is 9. The van der Waals surface area contributed by atoms with Crippen LogP contribution in [0.4, 0.5) is 21.0 Å². The average molecular weight is 646 g/mol. The van der Waals surface area contributed by atoms with Gasteiger partial charge in [0, 0.05) is 25.7 Å². The van der Waals surface area contributed by atoms with E-state index in [-0.39, 0.29) is 37.7 Å². The number of nitrogens with zero attached hydrogens (tertiary/aromatic N) is 2. The lowest BCUT2D eigenvalue weighted by Crippen LogP contribution is -2.40. The molecule has 0 spiro atoms. The normalized spacial score (nSPS) is 13.7. The van der Waals surface area contributed by atoms with Gasteiger partial charge in [-0.25, -0.2) is 9.59 Å². The van der Waals surface area contributed by atoms with Crippen molar-refractivity contribution in [1.29, 1.82) is 0 Å². The number of aromatic nitrogens is 1. The summed E-state index contributed by atoms with van der Waals surface area (Å²) < 4.78 is 21.6. The Morgan fingerprint density at radius 1 is 0.894 bits per heavy atom. The van der Waals surface area contributed by atoms with Crippen molar-refractivity contribution in [1.82, 2.24) is 15.2 Å². The SMILES string of the molecule is CCOC(=O)CCN(Cc1ccc(C(=O)Nc2ccccc2NC(=O)OC(C)(C)C)nc1)C(=O)NC1=COC(Cc2ccccc2)O1. The highest BCUT2D eigenvalue weighted by Crippen LogP contribution is 2.23. The summed E-state index contributed by atoms with van der Waals surface area (Å²) in [5.74, 6) is -0.814. The fraction of sp³-hybridized carbons (Fsp3) is 0.324. The third kappa shape index (κ3) is 11.1. The van der Waals surface area contributed by atoms with Crippen LogP contribution in [0, 0.1) is 0 Å². The molecule has 0 aliphatic carbocycles. The second-order valence-corrected chi connectivity index (χ2v) is 11.4. The van der Waals surface area contributed by atoms with E-state index in [0.717, 1.165) is 5.56 Å². The van der Waals surface area contributed by atoms with Crippen LogP contribution in [-0.2, 0) is 36.7 Å². The molecule has 0 saturated heterocycles. The predicted molar refractivity (Wildman–Crippen MR) is 173 cm³/mol. The maximum atomic E-state index is 13.3. The number of para-hydroxylation sites is 2. The second-order valence-electron chi connectivity index (χ2n) is 11.4. The zero-order chi connectivity index (χ0) is 33.8. The van der Waals surface area contributed by atoms with E-state index in [1.165, 1.54) is 23.4 Å². The quantitative estimate of drug-likeness (QED) is 0.215. The molecule has 13 nitrogen and oxygen atoms in total. The number of benzene rings is 2. The van der Waals surface area contributed by atoms with Crippen LogP contribution >= 0.6 is 0 Å². The molecule has 1 unspecified atom stereocenters. The van der Waals surface area contributed by atoms with Crippen molar-refractivity contribution in [3.05, 3.63) is 102 Å². The minimum absolute atomic E-state index is 0.0288. The van der Waals surface area contributed by atoms with Crippen LogP contribution in [-0.4, -0.2) is 58.9 Å². The number of anilines is 2. The Labute approximate surface area is 273 Å². The van der Waals surface area contributed by atoms with Gasteiger partial charge < -0.3 is 29.2 Å². The molecule has 1 atom stereocenters. The molecule has 4 amide bonds. The van der Waals surface area contributed by atoms with Gasteiger partial charge in [-0.3, -0.25) is 25.2 Å². The van der Waals surface area contributed by atoms with Gasteiger partial charge >= 0.3 is 18.1 Å². The van der Waals surface area contributed by atoms with E-state index in [0.29, 0.717) is 23.4 Å². The third-order valence-electron chi connectivity index (χ3n) is 6.48. The zero-order valence-electron chi connectivity index (χ0n) is 26.8. The minimum atomic E-state index is -0.690. The summed E-state index contributed by atoms with van der Waals surface area (Å²) in [7, 11) is 0. The summed E-state index contributed by atoms with van der Waals surface area (Å²) in [5, 5.41) is 8.07. The maximum absolute atomic E-state index is 13.3. The van der Waals surface area contributed by atoms with Gasteiger partial charge in [-0.1, -0.05) is 48.5 Å². The number of pyridine rings is 1.